The van der Waals surface area contributed by atoms with Crippen molar-refractivity contribution in [2.75, 3.05) is 6.61 Å². The second-order valence-corrected chi connectivity index (χ2v) is 21.6. The Kier molecular flexibility index (Phi) is 9.61. The van der Waals surface area contributed by atoms with E-state index in [4.69, 9.17) is 13.1 Å². The molecule has 0 aromatic heterocycles. The minimum Gasteiger partial charge on any atom is -0.390 e. The number of fused-ring (bicyclic) bond motifs is 5. The van der Waals surface area contributed by atoms with Crippen molar-refractivity contribution >= 4 is 20.2 Å². The smallest absolute Gasteiger partial charge is 0.272 e. The molecule has 0 heterocycles. The van der Waals surface area contributed by atoms with Crippen molar-refractivity contribution in [2.45, 2.75) is 155 Å². The van der Waals surface area contributed by atoms with Gasteiger partial charge in [-0.2, -0.15) is 16.8 Å². The van der Waals surface area contributed by atoms with Gasteiger partial charge >= 0.3 is 0 Å². The molecule has 3 saturated carbocycles. The van der Waals surface area contributed by atoms with Crippen LogP contribution in [0.5, 0.6) is 0 Å². The summed E-state index contributed by atoms with van der Waals surface area (Å²) in [6.45, 7) is 20.5. The Bertz CT molecular complexity index is 1360. The molecule has 0 saturated heterocycles. The van der Waals surface area contributed by atoms with Gasteiger partial charge in [-0.15, -0.1) is 0 Å². The van der Waals surface area contributed by atoms with Crippen molar-refractivity contribution in [2.24, 2.45) is 28.6 Å². The molecule has 0 aliphatic heterocycles. The van der Waals surface area contributed by atoms with Gasteiger partial charge in [0.05, 0.1) is 33.4 Å². The molecule has 0 radical (unpaired) electrons. The summed E-state index contributed by atoms with van der Waals surface area (Å²) in [7, 11) is -7.87. The maximum absolute atomic E-state index is 13.5. The maximum atomic E-state index is 13.5. The molecule has 0 bridgehead atoms. The van der Waals surface area contributed by atoms with E-state index in [0.29, 0.717) is 31.3 Å². The molecule has 254 valence electrons. The number of allylic oxidation sites excluding steroid dienone is 3. The van der Waals surface area contributed by atoms with Crippen LogP contribution < -0.4 is 0 Å². The molecule has 3 fully saturated rings. The first-order chi connectivity index (χ1) is 19.8. The van der Waals surface area contributed by atoms with Gasteiger partial charge in [0, 0.05) is 18.4 Å². The summed E-state index contributed by atoms with van der Waals surface area (Å²) in [6, 6.07) is 0. The van der Waals surface area contributed by atoms with Gasteiger partial charge < -0.3 is 9.84 Å². The topological polar surface area (TPSA) is 116 Å². The zero-order chi connectivity index (χ0) is 33.3. The van der Waals surface area contributed by atoms with Crippen LogP contribution >= 0.6 is 0 Å². The highest BCUT2D eigenvalue weighted by atomic mass is 32.2. The van der Waals surface area contributed by atoms with Crippen molar-refractivity contribution in [3.05, 3.63) is 23.3 Å². The summed E-state index contributed by atoms with van der Waals surface area (Å²) in [4.78, 5) is 0. The number of rotatable bonds is 9. The Balaban J connectivity index is 1.67. The van der Waals surface area contributed by atoms with E-state index >= 15 is 0 Å². The van der Waals surface area contributed by atoms with Gasteiger partial charge in [0.25, 0.3) is 20.2 Å². The van der Waals surface area contributed by atoms with Gasteiger partial charge in [0.2, 0.25) is 0 Å². The van der Waals surface area contributed by atoms with Gasteiger partial charge in [0.15, 0.2) is 0 Å². The molecular formula is C34H58O8S2. The van der Waals surface area contributed by atoms with E-state index in [2.05, 4.69) is 32.9 Å². The summed E-state index contributed by atoms with van der Waals surface area (Å²) in [6.07, 6.45) is 8.11. The van der Waals surface area contributed by atoms with Crippen LogP contribution in [0.15, 0.2) is 23.3 Å². The summed E-state index contributed by atoms with van der Waals surface area (Å²) in [5, 5.41) is 10.1. The van der Waals surface area contributed by atoms with E-state index in [1.807, 2.05) is 0 Å². The van der Waals surface area contributed by atoms with E-state index in [1.165, 1.54) is 5.57 Å². The van der Waals surface area contributed by atoms with Crippen molar-refractivity contribution in [1.82, 2.24) is 0 Å². The zero-order valence-electron chi connectivity index (χ0n) is 28.9. The summed E-state index contributed by atoms with van der Waals surface area (Å²) >= 11 is 0. The van der Waals surface area contributed by atoms with Gasteiger partial charge in [-0.25, -0.2) is 0 Å². The normalized spacial score (nSPS) is 35.7. The summed E-state index contributed by atoms with van der Waals surface area (Å²) < 4.78 is 69.1. The van der Waals surface area contributed by atoms with Gasteiger partial charge in [-0.05, 0) is 124 Å². The third-order valence-electron chi connectivity index (χ3n) is 11.3. The average Bonchev–Trinajstić information content (AvgIpc) is 3.19. The molecule has 4 aliphatic carbocycles. The van der Waals surface area contributed by atoms with E-state index in [-0.39, 0.29) is 23.9 Å². The van der Waals surface area contributed by atoms with E-state index in [0.717, 1.165) is 31.3 Å². The van der Waals surface area contributed by atoms with Gasteiger partial charge in [0.1, 0.15) is 0 Å². The first-order valence-corrected chi connectivity index (χ1v) is 19.3. The third kappa shape index (κ3) is 6.64. The van der Waals surface area contributed by atoms with Crippen molar-refractivity contribution in [1.29, 1.82) is 0 Å². The van der Waals surface area contributed by atoms with Crippen LogP contribution in [0.1, 0.15) is 121 Å². The monoisotopic (exact) mass is 658 g/mol. The lowest BCUT2D eigenvalue weighted by atomic mass is 9.49. The van der Waals surface area contributed by atoms with Crippen molar-refractivity contribution in [3.63, 3.8) is 0 Å². The van der Waals surface area contributed by atoms with Crippen LogP contribution in [0.3, 0.4) is 0 Å². The molecule has 0 aromatic carbocycles. The maximum Gasteiger partial charge on any atom is 0.272 e. The average molecular weight is 659 g/mol. The number of hydrogen-bond acceptors (Lipinski definition) is 8. The fourth-order valence-electron chi connectivity index (χ4n) is 8.26. The number of aliphatic hydroxyl groups is 1. The fraction of sp³-hybridized carbons (Fsp3) is 0.882. The molecular weight excluding hydrogens is 600 g/mol. The molecule has 1 N–H and O–H groups in total. The molecule has 0 amide bonds. The number of ether oxygens (including phenoxy) is 1. The molecule has 4 aliphatic rings. The number of hydrogen-bond donors (Lipinski definition) is 1. The van der Waals surface area contributed by atoms with Crippen molar-refractivity contribution < 1.29 is 35.0 Å². The minimum absolute atomic E-state index is 0.0487. The molecule has 8 nitrogen and oxygen atoms in total. The largest absolute Gasteiger partial charge is 0.390 e. The van der Waals surface area contributed by atoms with Crippen LogP contribution in [0.25, 0.3) is 0 Å². The molecule has 8 atom stereocenters. The molecule has 0 unspecified atom stereocenters. The highest BCUT2D eigenvalue weighted by molar-refractivity contribution is 7.88. The zero-order valence-corrected chi connectivity index (χ0v) is 30.5. The predicted octanol–water partition coefficient (Wildman–Crippen LogP) is 6.69. The summed E-state index contributed by atoms with van der Waals surface area (Å²) in [5.74, 6) is 0.816. The third-order valence-corrected chi connectivity index (χ3v) is 15.4. The van der Waals surface area contributed by atoms with Crippen LogP contribution in [0, 0.1) is 28.6 Å². The highest BCUT2D eigenvalue weighted by Gasteiger charge is 2.61. The Hall–Kier alpha value is -0.780. The Morgan fingerprint density at radius 1 is 0.886 bits per heavy atom. The summed E-state index contributed by atoms with van der Waals surface area (Å²) in [5.41, 5.74) is 1.04. The molecule has 10 heteroatoms. The van der Waals surface area contributed by atoms with E-state index in [1.54, 1.807) is 55.4 Å². The Labute approximate surface area is 267 Å². The van der Waals surface area contributed by atoms with Gasteiger partial charge in [-0.3, -0.25) is 8.37 Å². The van der Waals surface area contributed by atoms with Crippen LogP contribution in [0.2, 0.25) is 0 Å². The Morgan fingerprint density at radius 3 is 2.05 bits per heavy atom. The van der Waals surface area contributed by atoms with E-state index < -0.39 is 53.0 Å². The highest BCUT2D eigenvalue weighted by Crippen LogP contribution is 2.66. The first kappa shape index (κ1) is 36.1. The second kappa shape index (κ2) is 11.7. The van der Waals surface area contributed by atoms with Crippen LogP contribution in [0.4, 0.5) is 0 Å². The molecule has 0 aromatic rings. The molecule has 4 rings (SSSR count). The SMILES string of the molecule is C[C@H](OCCC(C)(C)O)[C@H]1CC[C@H]2C3=CC=C4C[C@@H](OS(=O)(=O)C(C)(C)C)C[C@H](OS(=O)(=O)C(C)(C)C)[C@]4(C)[C@H]3CC[C@]12C. The van der Waals surface area contributed by atoms with Gasteiger partial charge in [-0.1, -0.05) is 37.1 Å². The molecule has 44 heavy (non-hydrogen) atoms. The van der Waals surface area contributed by atoms with Crippen LogP contribution in [-0.2, 0) is 33.3 Å². The van der Waals surface area contributed by atoms with Crippen LogP contribution in [-0.4, -0.2) is 62.0 Å². The predicted molar refractivity (Wildman–Crippen MR) is 174 cm³/mol. The quantitative estimate of drug-likeness (QED) is 0.273. The lowest BCUT2D eigenvalue weighted by Crippen LogP contribution is -2.55. The first-order valence-electron chi connectivity index (χ1n) is 16.4. The lowest BCUT2D eigenvalue weighted by Gasteiger charge is -2.57. The Morgan fingerprint density at radius 2 is 1.48 bits per heavy atom. The standard InChI is InChI=1S/C34H58O8S2/c1-22(40-19-18-32(8,9)35)26-14-15-27-25-13-12-23-20-24(41-43(36,37)30(2,3)4)21-29(42-44(38,39)31(5,6)7)34(23,11)28(25)16-17-33(26,27)10/h12-13,22,24,26-29,35H,14-21H2,1-11H3/t22-,24+,26+,27-,28-,29-,33+,34-/m0/s1. The fourth-order valence-corrected chi connectivity index (χ4v) is 9.93. The second-order valence-electron chi connectivity index (χ2n) is 17.0. The van der Waals surface area contributed by atoms with Crippen molar-refractivity contribution in [3.8, 4) is 0 Å². The molecule has 0 spiro atoms. The minimum atomic E-state index is -3.97. The van der Waals surface area contributed by atoms with E-state index in [9.17, 15) is 21.9 Å². The lowest BCUT2D eigenvalue weighted by molar-refractivity contribution is -0.0611.